The smallest absolute Gasteiger partial charge is 0.269 e. The molecule has 0 amide bonds. The molecule has 1 N–H and O–H groups in total. The molecule has 1 aliphatic rings. The Labute approximate surface area is 127 Å². The molecule has 4 nitrogen and oxygen atoms in total. The van der Waals surface area contributed by atoms with E-state index < -0.39 is 0 Å². The van der Waals surface area contributed by atoms with Crippen molar-refractivity contribution in [3.63, 3.8) is 0 Å². The number of nitrogens with zero attached hydrogens (tertiary/aromatic N) is 2. The standard InChI is InChI=1S/C16H17N3OS/c1-2-7-19-15(14-4-3-8-21-14)13-10-18-6-5-11(13)12(9-17)16(19)20/h3-4,8,18H,2,5-7,10H2,1H3. The van der Waals surface area contributed by atoms with Gasteiger partial charge in [0.05, 0.1) is 10.6 Å². The Morgan fingerprint density at radius 1 is 1.48 bits per heavy atom. The maximum Gasteiger partial charge on any atom is 0.269 e. The molecule has 0 atom stereocenters. The van der Waals surface area contributed by atoms with Crippen molar-refractivity contribution in [3.05, 3.63) is 44.6 Å². The molecule has 21 heavy (non-hydrogen) atoms. The van der Waals surface area contributed by atoms with Gasteiger partial charge in [0.15, 0.2) is 0 Å². The molecule has 0 saturated carbocycles. The molecule has 0 spiro atoms. The van der Waals surface area contributed by atoms with Crippen LogP contribution in [-0.4, -0.2) is 11.1 Å². The second-order valence-corrected chi connectivity index (χ2v) is 6.10. The molecule has 0 unspecified atom stereocenters. The molecule has 0 aromatic carbocycles. The van der Waals surface area contributed by atoms with E-state index in [1.54, 1.807) is 15.9 Å². The van der Waals surface area contributed by atoms with Gasteiger partial charge >= 0.3 is 0 Å². The summed E-state index contributed by atoms with van der Waals surface area (Å²) in [6, 6.07) is 6.19. The van der Waals surface area contributed by atoms with Gasteiger partial charge in [0, 0.05) is 13.1 Å². The number of nitrogens with one attached hydrogen (secondary N) is 1. The Hall–Kier alpha value is -1.90. The van der Waals surface area contributed by atoms with E-state index in [1.807, 2.05) is 24.4 Å². The van der Waals surface area contributed by atoms with E-state index in [1.165, 1.54) is 0 Å². The normalized spacial score (nSPS) is 13.7. The maximum atomic E-state index is 12.7. The summed E-state index contributed by atoms with van der Waals surface area (Å²) >= 11 is 1.64. The van der Waals surface area contributed by atoms with Gasteiger partial charge in [0.25, 0.3) is 5.56 Å². The Bertz CT molecular complexity index is 753. The minimum Gasteiger partial charge on any atom is -0.312 e. The second-order valence-electron chi connectivity index (χ2n) is 5.15. The lowest BCUT2D eigenvalue weighted by Crippen LogP contribution is -2.33. The summed E-state index contributed by atoms with van der Waals surface area (Å²) in [5, 5.41) is 14.8. The Balaban J connectivity index is 2.38. The van der Waals surface area contributed by atoms with Crippen LogP contribution >= 0.6 is 11.3 Å². The Morgan fingerprint density at radius 2 is 2.33 bits per heavy atom. The highest BCUT2D eigenvalue weighted by Crippen LogP contribution is 2.31. The van der Waals surface area contributed by atoms with Gasteiger partial charge in [-0.05, 0) is 42.0 Å². The molecule has 108 valence electrons. The van der Waals surface area contributed by atoms with E-state index in [-0.39, 0.29) is 5.56 Å². The average molecular weight is 299 g/mol. The molecule has 3 heterocycles. The molecule has 1 aliphatic heterocycles. The van der Waals surface area contributed by atoms with E-state index in [0.29, 0.717) is 12.1 Å². The molecule has 0 aliphatic carbocycles. The first-order valence-electron chi connectivity index (χ1n) is 7.21. The fourth-order valence-electron chi connectivity index (χ4n) is 2.96. The molecule has 0 saturated heterocycles. The van der Waals surface area contributed by atoms with E-state index >= 15 is 0 Å². The monoisotopic (exact) mass is 299 g/mol. The number of thiophene rings is 1. The third-order valence-electron chi connectivity index (χ3n) is 3.85. The van der Waals surface area contributed by atoms with Crippen molar-refractivity contribution in [1.29, 1.82) is 5.26 Å². The number of rotatable bonds is 3. The van der Waals surface area contributed by atoms with Crippen LogP contribution in [0.3, 0.4) is 0 Å². The third kappa shape index (κ3) is 2.31. The highest BCUT2D eigenvalue weighted by Gasteiger charge is 2.24. The number of fused-ring (bicyclic) bond motifs is 1. The lowest BCUT2D eigenvalue weighted by Gasteiger charge is -2.24. The van der Waals surface area contributed by atoms with Gasteiger partial charge in [-0.2, -0.15) is 5.26 Å². The first-order chi connectivity index (χ1) is 10.3. The molecule has 2 aromatic rings. The van der Waals surface area contributed by atoms with Crippen molar-refractivity contribution in [1.82, 2.24) is 9.88 Å². The number of aromatic nitrogens is 1. The maximum absolute atomic E-state index is 12.7. The molecule has 2 aromatic heterocycles. The van der Waals surface area contributed by atoms with Crippen LogP contribution in [0, 0.1) is 11.3 Å². The van der Waals surface area contributed by atoms with Crippen molar-refractivity contribution >= 4 is 11.3 Å². The van der Waals surface area contributed by atoms with Gasteiger partial charge in [0.2, 0.25) is 0 Å². The Morgan fingerprint density at radius 3 is 3.00 bits per heavy atom. The number of nitriles is 1. The highest BCUT2D eigenvalue weighted by molar-refractivity contribution is 7.13. The topological polar surface area (TPSA) is 57.8 Å². The van der Waals surface area contributed by atoms with Gasteiger partial charge in [-0.25, -0.2) is 0 Å². The lowest BCUT2D eigenvalue weighted by molar-refractivity contribution is 0.608. The summed E-state index contributed by atoms with van der Waals surface area (Å²) in [6.07, 6.45) is 1.62. The van der Waals surface area contributed by atoms with Crippen LogP contribution in [0.1, 0.15) is 30.0 Å². The van der Waals surface area contributed by atoms with Gasteiger partial charge in [-0.3, -0.25) is 4.79 Å². The van der Waals surface area contributed by atoms with Crippen LogP contribution in [-0.2, 0) is 19.5 Å². The summed E-state index contributed by atoms with van der Waals surface area (Å²) in [7, 11) is 0. The van der Waals surface area contributed by atoms with Crippen molar-refractivity contribution in [3.8, 4) is 16.6 Å². The minimum atomic E-state index is -0.136. The van der Waals surface area contributed by atoms with Crippen molar-refractivity contribution < 1.29 is 0 Å². The number of hydrogen-bond acceptors (Lipinski definition) is 4. The predicted octanol–water partition coefficient (Wildman–Crippen LogP) is 2.50. The molecule has 5 heteroatoms. The first kappa shape index (κ1) is 14.1. The first-order valence-corrected chi connectivity index (χ1v) is 8.09. The van der Waals surface area contributed by atoms with Crippen LogP contribution in [0.2, 0.25) is 0 Å². The van der Waals surface area contributed by atoms with Crippen LogP contribution in [0.25, 0.3) is 10.6 Å². The summed E-state index contributed by atoms with van der Waals surface area (Å²) in [6.45, 7) is 4.24. The van der Waals surface area contributed by atoms with E-state index in [9.17, 15) is 10.1 Å². The Kier molecular flexibility index (Phi) is 3.91. The largest absolute Gasteiger partial charge is 0.312 e. The average Bonchev–Trinajstić information content (AvgIpc) is 3.02. The quantitative estimate of drug-likeness (QED) is 0.947. The summed E-state index contributed by atoms with van der Waals surface area (Å²) in [5.74, 6) is 0. The third-order valence-corrected chi connectivity index (χ3v) is 4.72. The van der Waals surface area contributed by atoms with E-state index in [0.717, 1.165) is 47.6 Å². The molecular weight excluding hydrogens is 282 g/mol. The van der Waals surface area contributed by atoms with Gasteiger partial charge in [-0.1, -0.05) is 13.0 Å². The van der Waals surface area contributed by atoms with Crippen molar-refractivity contribution in [2.24, 2.45) is 0 Å². The fraction of sp³-hybridized carbons (Fsp3) is 0.375. The summed E-state index contributed by atoms with van der Waals surface area (Å²) in [4.78, 5) is 13.8. The summed E-state index contributed by atoms with van der Waals surface area (Å²) in [5.41, 5.74) is 3.26. The second kappa shape index (κ2) is 5.84. The van der Waals surface area contributed by atoms with Gasteiger partial charge in [0.1, 0.15) is 11.6 Å². The molecule has 0 bridgehead atoms. The number of hydrogen-bond donors (Lipinski definition) is 1. The predicted molar refractivity (Wildman–Crippen MR) is 84.4 cm³/mol. The van der Waals surface area contributed by atoms with Gasteiger partial charge in [-0.15, -0.1) is 11.3 Å². The van der Waals surface area contributed by atoms with E-state index in [4.69, 9.17) is 0 Å². The van der Waals surface area contributed by atoms with Crippen LogP contribution in [0.15, 0.2) is 22.3 Å². The minimum absolute atomic E-state index is 0.136. The van der Waals surface area contributed by atoms with Crippen molar-refractivity contribution in [2.45, 2.75) is 32.9 Å². The zero-order valence-corrected chi connectivity index (χ0v) is 12.8. The lowest BCUT2D eigenvalue weighted by atomic mass is 9.94. The zero-order valence-electron chi connectivity index (χ0n) is 12.0. The van der Waals surface area contributed by atoms with Gasteiger partial charge < -0.3 is 9.88 Å². The van der Waals surface area contributed by atoms with Crippen LogP contribution in [0.4, 0.5) is 0 Å². The van der Waals surface area contributed by atoms with Crippen LogP contribution in [0.5, 0.6) is 0 Å². The van der Waals surface area contributed by atoms with Crippen molar-refractivity contribution in [2.75, 3.05) is 6.54 Å². The molecule has 0 fully saturated rings. The number of pyridine rings is 1. The molecule has 3 rings (SSSR count). The fourth-order valence-corrected chi connectivity index (χ4v) is 3.77. The molecular formula is C16H17N3OS. The summed E-state index contributed by atoms with van der Waals surface area (Å²) < 4.78 is 1.79. The highest BCUT2D eigenvalue weighted by atomic mass is 32.1. The molecule has 0 radical (unpaired) electrons. The zero-order chi connectivity index (χ0) is 14.8. The SMILES string of the molecule is CCCn1c(-c2cccs2)c2c(c(C#N)c1=O)CCNC2. The van der Waals surface area contributed by atoms with Crippen LogP contribution < -0.4 is 10.9 Å². The van der Waals surface area contributed by atoms with E-state index in [2.05, 4.69) is 11.4 Å².